The Hall–Kier alpha value is -3.75. The molecule has 0 fully saturated rings. The van der Waals surface area contributed by atoms with Crippen molar-refractivity contribution in [2.75, 3.05) is 5.32 Å². The van der Waals surface area contributed by atoms with Crippen LogP contribution in [0.15, 0.2) is 61.3 Å². The molecule has 3 heterocycles. The zero-order valence-electron chi connectivity index (χ0n) is 12.8. The van der Waals surface area contributed by atoms with Gasteiger partial charge in [-0.3, -0.25) is 10.1 Å². The van der Waals surface area contributed by atoms with Crippen LogP contribution in [0.2, 0.25) is 0 Å². The first kappa shape index (κ1) is 14.8. The highest BCUT2D eigenvalue weighted by Crippen LogP contribution is 2.20. The van der Waals surface area contributed by atoms with Gasteiger partial charge < -0.3 is 4.57 Å². The van der Waals surface area contributed by atoms with E-state index in [2.05, 4.69) is 25.6 Å². The van der Waals surface area contributed by atoms with Crippen LogP contribution in [0.25, 0.3) is 11.5 Å². The van der Waals surface area contributed by atoms with E-state index in [1.165, 1.54) is 24.7 Å². The first-order chi connectivity index (χ1) is 12.2. The molecule has 9 heteroatoms. The zero-order valence-corrected chi connectivity index (χ0v) is 12.8. The Kier molecular flexibility index (Phi) is 3.58. The van der Waals surface area contributed by atoms with Gasteiger partial charge in [-0.15, -0.1) is 0 Å². The molecule has 0 bridgehead atoms. The van der Waals surface area contributed by atoms with Gasteiger partial charge in [-0.1, -0.05) is 0 Å². The topological polar surface area (TPSA) is 93.4 Å². The van der Waals surface area contributed by atoms with Crippen LogP contribution in [0, 0.1) is 5.82 Å². The fourth-order valence-corrected chi connectivity index (χ4v) is 2.44. The molecule has 0 aliphatic rings. The summed E-state index contributed by atoms with van der Waals surface area (Å²) >= 11 is 0. The van der Waals surface area contributed by atoms with Gasteiger partial charge in [0.1, 0.15) is 17.7 Å². The number of benzene rings is 1. The molecule has 25 heavy (non-hydrogen) atoms. The molecule has 0 aliphatic carbocycles. The summed E-state index contributed by atoms with van der Waals surface area (Å²) < 4.78 is 16.5. The number of carbonyl (C=O) groups excluding carboxylic acids is 1. The molecule has 0 unspecified atom stereocenters. The Morgan fingerprint density at radius 2 is 1.92 bits per heavy atom. The quantitative estimate of drug-likeness (QED) is 0.597. The Morgan fingerprint density at radius 3 is 2.60 bits per heavy atom. The molecule has 3 aromatic heterocycles. The van der Waals surface area contributed by atoms with E-state index >= 15 is 0 Å². The van der Waals surface area contributed by atoms with E-state index in [1.807, 2.05) is 12.1 Å². The normalized spacial score (nSPS) is 10.8. The molecular formula is C16H12FN7O. The fraction of sp³-hybridized carbons (Fsp3) is 0. The summed E-state index contributed by atoms with van der Waals surface area (Å²) in [4.78, 5) is 16.5. The van der Waals surface area contributed by atoms with E-state index in [1.54, 1.807) is 33.8 Å². The van der Waals surface area contributed by atoms with Gasteiger partial charge in [-0.2, -0.15) is 15.2 Å². The van der Waals surface area contributed by atoms with E-state index in [0.717, 1.165) is 0 Å². The molecule has 8 nitrogen and oxygen atoms in total. The average molecular weight is 337 g/mol. The Morgan fingerprint density at radius 1 is 1.16 bits per heavy atom. The van der Waals surface area contributed by atoms with Gasteiger partial charge in [0.05, 0.1) is 11.9 Å². The molecular weight excluding hydrogens is 325 g/mol. The first-order valence-electron chi connectivity index (χ1n) is 7.36. The lowest BCUT2D eigenvalue weighted by atomic mass is 10.2. The highest BCUT2D eigenvalue weighted by molar-refractivity contribution is 6.05. The number of rotatable bonds is 4. The van der Waals surface area contributed by atoms with Gasteiger partial charge in [0.25, 0.3) is 5.91 Å². The third kappa shape index (κ3) is 2.78. The maximum atomic E-state index is 13.2. The molecule has 0 saturated heterocycles. The van der Waals surface area contributed by atoms with E-state index in [0.29, 0.717) is 17.1 Å². The summed E-state index contributed by atoms with van der Waals surface area (Å²) in [5.74, 6) is 0.0159. The van der Waals surface area contributed by atoms with Crippen molar-refractivity contribution in [3.8, 4) is 11.5 Å². The largest absolute Gasteiger partial charge is 0.308 e. The first-order valence-corrected chi connectivity index (χ1v) is 7.36. The summed E-state index contributed by atoms with van der Waals surface area (Å²) in [5, 5.41) is 13.2. The molecule has 124 valence electrons. The predicted molar refractivity (Wildman–Crippen MR) is 87.2 cm³/mol. The van der Waals surface area contributed by atoms with Crippen molar-refractivity contribution in [3.05, 3.63) is 72.7 Å². The number of aromatic amines is 1. The van der Waals surface area contributed by atoms with E-state index in [-0.39, 0.29) is 11.8 Å². The Bertz CT molecular complexity index is 988. The molecule has 0 radical (unpaired) electrons. The molecule has 1 aromatic carbocycles. The monoisotopic (exact) mass is 337 g/mol. The second-order valence-electron chi connectivity index (χ2n) is 5.15. The van der Waals surface area contributed by atoms with Crippen molar-refractivity contribution in [2.24, 2.45) is 0 Å². The van der Waals surface area contributed by atoms with Crippen LogP contribution < -0.4 is 5.32 Å². The smallest absolute Gasteiger partial charge is 0.263 e. The van der Waals surface area contributed by atoms with Gasteiger partial charge in [0.15, 0.2) is 5.82 Å². The van der Waals surface area contributed by atoms with Crippen LogP contribution in [0.5, 0.6) is 0 Å². The van der Waals surface area contributed by atoms with Crippen molar-refractivity contribution in [2.45, 2.75) is 0 Å². The summed E-state index contributed by atoms with van der Waals surface area (Å²) in [6, 6.07) is 9.52. The SMILES string of the molecule is O=C(Nc1ncn[nH]1)c1cnn(-c2ccc(F)cc2)c1-n1cccc1. The molecule has 0 aliphatic heterocycles. The van der Waals surface area contributed by atoms with Crippen molar-refractivity contribution < 1.29 is 9.18 Å². The van der Waals surface area contributed by atoms with Crippen LogP contribution in [0.4, 0.5) is 10.3 Å². The van der Waals surface area contributed by atoms with Crippen molar-refractivity contribution in [1.82, 2.24) is 29.5 Å². The minimum atomic E-state index is -0.395. The molecule has 4 aromatic rings. The molecule has 1 amide bonds. The number of nitrogens with one attached hydrogen (secondary N) is 2. The number of hydrogen-bond donors (Lipinski definition) is 2. The molecule has 4 rings (SSSR count). The van der Waals surface area contributed by atoms with Crippen molar-refractivity contribution in [1.29, 1.82) is 0 Å². The summed E-state index contributed by atoms with van der Waals surface area (Å²) in [5.41, 5.74) is 0.959. The van der Waals surface area contributed by atoms with Crippen LogP contribution in [-0.4, -0.2) is 35.4 Å². The van der Waals surface area contributed by atoms with Crippen LogP contribution in [0.1, 0.15) is 10.4 Å². The molecule has 0 atom stereocenters. The second kappa shape index (κ2) is 6.04. The number of aromatic nitrogens is 6. The lowest BCUT2D eigenvalue weighted by Gasteiger charge is -2.10. The standard InChI is InChI=1S/C16H12FN7O/c17-11-3-5-12(6-4-11)24-15(23-7-1-2-8-23)13(9-20-24)14(25)21-16-18-10-19-22-16/h1-10H,(H2,18,19,21,22,25). The van der Waals surface area contributed by atoms with E-state index in [9.17, 15) is 9.18 Å². The van der Waals surface area contributed by atoms with Gasteiger partial charge in [-0.25, -0.2) is 14.2 Å². The molecule has 0 saturated carbocycles. The summed E-state index contributed by atoms with van der Waals surface area (Å²) in [6.45, 7) is 0. The predicted octanol–water partition coefficient (Wildman–Crippen LogP) is 2.17. The number of carbonyl (C=O) groups is 1. The Balaban J connectivity index is 1.79. The minimum absolute atomic E-state index is 0.234. The highest BCUT2D eigenvalue weighted by atomic mass is 19.1. The van der Waals surface area contributed by atoms with Gasteiger partial charge in [0, 0.05) is 12.4 Å². The van der Waals surface area contributed by atoms with Crippen molar-refractivity contribution >= 4 is 11.9 Å². The number of halogens is 1. The number of nitrogens with zero attached hydrogens (tertiary/aromatic N) is 5. The summed E-state index contributed by atoms with van der Waals surface area (Å²) in [7, 11) is 0. The third-order valence-electron chi connectivity index (χ3n) is 3.56. The lowest BCUT2D eigenvalue weighted by molar-refractivity contribution is 0.102. The number of H-pyrrole nitrogens is 1. The van der Waals surface area contributed by atoms with Crippen LogP contribution >= 0.6 is 0 Å². The lowest BCUT2D eigenvalue weighted by Crippen LogP contribution is -2.16. The van der Waals surface area contributed by atoms with E-state index in [4.69, 9.17) is 0 Å². The molecule has 2 N–H and O–H groups in total. The summed E-state index contributed by atoms with van der Waals surface area (Å²) in [6.07, 6.45) is 6.33. The number of anilines is 1. The van der Waals surface area contributed by atoms with Gasteiger partial charge in [-0.05, 0) is 36.4 Å². The maximum Gasteiger partial charge on any atom is 0.263 e. The van der Waals surface area contributed by atoms with Crippen LogP contribution in [0.3, 0.4) is 0 Å². The minimum Gasteiger partial charge on any atom is -0.308 e. The maximum absolute atomic E-state index is 13.2. The third-order valence-corrected chi connectivity index (χ3v) is 3.56. The number of hydrogen-bond acceptors (Lipinski definition) is 4. The highest BCUT2D eigenvalue weighted by Gasteiger charge is 2.20. The fourth-order valence-electron chi connectivity index (χ4n) is 2.44. The van der Waals surface area contributed by atoms with Gasteiger partial charge in [0.2, 0.25) is 5.95 Å². The zero-order chi connectivity index (χ0) is 17.2. The number of amides is 1. The van der Waals surface area contributed by atoms with Crippen molar-refractivity contribution in [3.63, 3.8) is 0 Å². The molecule has 0 spiro atoms. The van der Waals surface area contributed by atoms with Crippen LogP contribution in [-0.2, 0) is 0 Å². The Labute approximate surface area is 140 Å². The average Bonchev–Trinajstić information content (AvgIpc) is 3.36. The van der Waals surface area contributed by atoms with E-state index < -0.39 is 5.91 Å². The van der Waals surface area contributed by atoms with Gasteiger partial charge >= 0.3 is 0 Å². The second-order valence-corrected chi connectivity index (χ2v) is 5.15.